The summed E-state index contributed by atoms with van der Waals surface area (Å²) in [5.74, 6) is 1.05. The Balaban J connectivity index is 0.00000192. The number of hydrogen-bond donors (Lipinski definition) is 2. The molecular weight excluding hydrogens is 316 g/mol. The van der Waals surface area contributed by atoms with Gasteiger partial charge in [-0.1, -0.05) is 6.07 Å². The van der Waals surface area contributed by atoms with E-state index >= 15 is 0 Å². The fourth-order valence-electron chi connectivity index (χ4n) is 3.27. The maximum absolute atomic E-state index is 12.1. The van der Waals surface area contributed by atoms with Gasteiger partial charge in [-0.3, -0.25) is 0 Å². The number of aromatic hydroxyl groups is 1. The van der Waals surface area contributed by atoms with Gasteiger partial charge in [0.1, 0.15) is 17.6 Å². The van der Waals surface area contributed by atoms with Gasteiger partial charge in [0, 0.05) is 18.8 Å². The first kappa shape index (κ1) is 17.5. The number of fused-ring (bicyclic) bond motifs is 1. The lowest BCUT2D eigenvalue weighted by molar-refractivity contribution is -0.145. The SMILES string of the molecule is CCOC(=O)C1CCCC2=C(N1)N(C)c1cc(O)ccc1C2.Cl. The van der Waals surface area contributed by atoms with Crippen LogP contribution in [0.15, 0.2) is 29.6 Å². The van der Waals surface area contributed by atoms with Gasteiger partial charge >= 0.3 is 5.97 Å². The highest BCUT2D eigenvalue weighted by molar-refractivity contribution is 5.85. The molecule has 2 heterocycles. The van der Waals surface area contributed by atoms with Crippen LogP contribution < -0.4 is 10.2 Å². The van der Waals surface area contributed by atoms with Crippen LogP contribution in [0.3, 0.4) is 0 Å². The number of carbonyl (C=O) groups excluding carboxylic acids is 1. The van der Waals surface area contributed by atoms with Crippen LogP contribution in [0.25, 0.3) is 0 Å². The summed E-state index contributed by atoms with van der Waals surface area (Å²) in [6.07, 6.45) is 3.58. The Morgan fingerprint density at radius 2 is 2.26 bits per heavy atom. The van der Waals surface area contributed by atoms with Crippen molar-refractivity contribution in [2.24, 2.45) is 0 Å². The van der Waals surface area contributed by atoms with Gasteiger partial charge in [0.05, 0.1) is 6.61 Å². The molecule has 1 atom stereocenters. The maximum Gasteiger partial charge on any atom is 0.328 e. The predicted octanol–water partition coefficient (Wildman–Crippen LogP) is 2.72. The molecule has 6 heteroatoms. The van der Waals surface area contributed by atoms with E-state index in [1.54, 1.807) is 12.1 Å². The smallest absolute Gasteiger partial charge is 0.328 e. The van der Waals surface area contributed by atoms with Gasteiger partial charge in [-0.15, -0.1) is 12.4 Å². The van der Waals surface area contributed by atoms with Gasteiger partial charge in [-0.2, -0.15) is 0 Å². The summed E-state index contributed by atoms with van der Waals surface area (Å²) < 4.78 is 5.16. The number of rotatable bonds is 2. The zero-order valence-electron chi connectivity index (χ0n) is 13.5. The Morgan fingerprint density at radius 1 is 1.48 bits per heavy atom. The van der Waals surface area contributed by atoms with E-state index < -0.39 is 0 Å². The van der Waals surface area contributed by atoms with Crippen LogP contribution in [0.2, 0.25) is 0 Å². The number of phenols is 1. The lowest BCUT2D eigenvalue weighted by atomic mass is 9.95. The van der Waals surface area contributed by atoms with E-state index in [0.29, 0.717) is 6.61 Å². The van der Waals surface area contributed by atoms with E-state index in [-0.39, 0.29) is 30.2 Å². The van der Waals surface area contributed by atoms with Crippen LogP contribution in [-0.4, -0.2) is 30.8 Å². The van der Waals surface area contributed by atoms with Gasteiger partial charge in [0.25, 0.3) is 0 Å². The average molecular weight is 339 g/mol. The maximum atomic E-state index is 12.1. The molecule has 0 amide bonds. The number of nitrogens with one attached hydrogen (secondary N) is 1. The topological polar surface area (TPSA) is 61.8 Å². The zero-order valence-corrected chi connectivity index (χ0v) is 14.3. The van der Waals surface area contributed by atoms with Crippen molar-refractivity contribution in [1.82, 2.24) is 5.32 Å². The number of carbonyl (C=O) groups is 1. The number of benzene rings is 1. The first-order valence-corrected chi connectivity index (χ1v) is 7.81. The summed E-state index contributed by atoms with van der Waals surface area (Å²) in [4.78, 5) is 14.1. The van der Waals surface area contributed by atoms with Crippen LogP contribution in [-0.2, 0) is 16.0 Å². The van der Waals surface area contributed by atoms with Gasteiger partial charge in [-0.25, -0.2) is 4.79 Å². The Morgan fingerprint density at radius 3 is 3.00 bits per heavy atom. The second-order valence-corrected chi connectivity index (χ2v) is 5.84. The molecule has 0 radical (unpaired) electrons. The number of nitrogens with zero attached hydrogens (tertiary/aromatic N) is 1. The molecular formula is C17H23ClN2O3. The summed E-state index contributed by atoms with van der Waals surface area (Å²) in [5, 5.41) is 13.1. The molecule has 23 heavy (non-hydrogen) atoms. The summed E-state index contributed by atoms with van der Waals surface area (Å²) >= 11 is 0. The highest BCUT2D eigenvalue weighted by Gasteiger charge is 2.30. The minimum Gasteiger partial charge on any atom is -0.508 e. The molecule has 0 saturated heterocycles. The van der Waals surface area contributed by atoms with Gasteiger partial charge in [0.15, 0.2) is 0 Å². The molecule has 0 spiro atoms. The molecule has 0 aliphatic carbocycles. The third-order valence-electron chi connectivity index (χ3n) is 4.36. The van der Waals surface area contributed by atoms with Gasteiger partial charge in [-0.05, 0) is 49.8 Å². The van der Waals surface area contributed by atoms with E-state index in [2.05, 4.69) is 5.32 Å². The summed E-state index contributed by atoms with van der Waals surface area (Å²) in [6, 6.07) is 5.17. The molecule has 126 valence electrons. The van der Waals surface area contributed by atoms with Crippen molar-refractivity contribution in [3.8, 4) is 5.75 Å². The molecule has 3 rings (SSSR count). The quantitative estimate of drug-likeness (QED) is 0.812. The highest BCUT2D eigenvalue weighted by Crippen LogP contribution is 2.36. The standard InChI is InChI=1S/C17H22N2O3.ClH/c1-3-22-17(21)14-6-4-5-12-9-11-7-8-13(20)10-15(11)19(2)16(12)18-14;/h7-8,10,14,18,20H,3-6,9H2,1-2H3;1H. The zero-order chi connectivity index (χ0) is 15.7. The Kier molecular flexibility index (Phi) is 5.42. The van der Waals surface area contributed by atoms with E-state index in [1.807, 2.05) is 24.9 Å². The lowest BCUT2D eigenvalue weighted by Crippen LogP contribution is -2.42. The number of halogens is 1. The molecule has 0 bridgehead atoms. The number of anilines is 1. The Labute approximate surface area is 142 Å². The first-order chi connectivity index (χ1) is 10.6. The number of ether oxygens (including phenoxy) is 1. The summed E-state index contributed by atoms with van der Waals surface area (Å²) in [5.41, 5.74) is 3.50. The van der Waals surface area contributed by atoms with E-state index in [0.717, 1.165) is 37.2 Å². The minimum absolute atomic E-state index is 0. The van der Waals surface area contributed by atoms with Crippen molar-refractivity contribution in [1.29, 1.82) is 0 Å². The number of hydrogen-bond acceptors (Lipinski definition) is 5. The molecule has 0 aromatic heterocycles. The molecule has 0 fully saturated rings. The van der Waals surface area contributed by atoms with Gasteiger partial charge < -0.3 is 20.1 Å². The van der Waals surface area contributed by atoms with Crippen LogP contribution in [0.5, 0.6) is 5.75 Å². The number of esters is 1. The fraction of sp³-hybridized carbons (Fsp3) is 0.471. The van der Waals surface area contributed by atoms with Crippen LogP contribution in [0, 0.1) is 0 Å². The summed E-state index contributed by atoms with van der Waals surface area (Å²) in [6.45, 7) is 2.22. The molecule has 1 unspecified atom stereocenters. The van der Waals surface area contributed by atoms with Crippen LogP contribution >= 0.6 is 12.4 Å². The monoisotopic (exact) mass is 338 g/mol. The molecule has 2 N–H and O–H groups in total. The van der Waals surface area contributed by atoms with E-state index in [4.69, 9.17) is 4.74 Å². The third-order valence-corrected chi connectivity index (χ3v) is 4.36. The van der Waals surface area contributed by atoms with Crippen molar-refractivity contribution < 1.29 is 14.6 Å². The first-order valence-electron chi connectivity index (χ1n) is 7.81. The van der Waals surface area contributed by atoms with Crippen LogP contribution in [0.4, 0.5) is 5.69 Å². The minimum atomic E-state index is -0.297. The normalized spacial score (nSPS) is 19.7. The Hall–Kier alpha value is -1.88. The molecule has 2 aliphatic heterocycles. The number of phenolic OH excluding ortho intramolecular Hbond substituents is 1. The van der Waals surface area contributed by atoms with E-state index in [1.165, 1.54) is 11.1 Å². The summed E-state index contributed by atoms with van der Waals surface area (Å²) in [7, 11) is 1.97. The van der Waals surface area contributed by atoms with Crippen LogP contribution in [0.1, 0.15) is 31.7 Å². The predicted molar refractivity (Wildman–Crippen MR) is 91.9 cm³/mol. The number of allylic oxidation sites excluding steroid dienone is 1. The Bertz CT molecular complexity index is 630. The lowest BCUT2D eigenvalue weighted by Gasteiger charge is -2.33. The largest absolute Gasteiger partial charge is 0.508 e. The van der Waals surface area contributed by atoms with Crippen molar-refractivity contribution in [2.45, 2.75) is 38.6 Å². The fourth-order valence-corrected chi connectivity index (χ4v) is 3.27. The van der Waals surface area contributed by atoms with E-state index in [9.17, 15) is 9.90 Å². The highest BCUT2D eigenvalue weighted by atomic mass is 35.5. The second-order valence-electron chi connectivity index (χ2n) is 5.84. The average Bonchev–Trinajstić information content (AvgIpc) is 2.71. The van der Waals surface area contributed by atoms with Crippen molar-refractivity contribution in [2.75, 3.05) is 18.6 Å². The van der Waals surface area contributed by atoms with Gasteiger partial charge in [0.2, 0.25) is 0 Å². The molecule has 5 nitrogen and oxygen atoms in total. The molecule has 2 aliphatic rings. The molecule has 1 aromatic rings. The second kappa shape index (κ2) is 7.13. The van der Waals surface area contributed by atoms with Crippen molar-refractivity contribution >= 4 is 24.1 Å². The molecule has 0 saturated carbocycles. The van der Waals surface area contributed by atoms with Crippen molar-refractivity contribution in [3.63, 3.8) is 0 Å². The van der Waals surface area contributed by atoms with Crippen molar-refractivity contribution in [3.05, 3.63) is 35.2 Å². The molecule has 1 aromatic carbocycles. The third kappa shape index (κ3) is 3.39.